The van der Waals surface area contributed by atoms with Crippen molar-refractivity contribution in [3.05, 3.63) is 94.5 Å². The summed E-state index contributed by atoms with van der Waals surface area (Å²) >= 11 is 0. The molecule has 180 valence electrons. The molecule has 2 N–H and O–H groups in total. The zero-order valence-corrected chi connectivity index (χ0v) is 20.3. The first kappa shape index (κ1) is 21.5. The van der Waals surface area contributed by atoms with Gasteiger partial charge < -0.3 is 10.6 Å². The fraction of sp³-hybridized carbons (Fsp3) is 0.300. The number of hydrogen-bond acceptors (Lipinski definition) is 4. The Kier molecular flexibility index (Phi) is 4.26. The molecule has 0 unspecified atom stereocenters. The number of fused-ring (bicyclic) bond motifs is 7. The zero-order valence-electron chi connectivity index (χ0n) is 20.3. The molecule has 0 aliphatic carbocycles. The van der Waals surface area contributed by atoms with Gasteiger partial charge in [-0.3, -0.25) is 19.3 Å². The number of nitrogens with zero attached hydrogens (tertiary/aromatic N) is 1. The largest absolute Gasteiger partial charge is 0.325 e. The molecular weight excluding hydrogens is 450 g/mol. The minimum absolute atomic E-state index is 0.0791. The molecule has 0 radical (unpaired) electrons. The van der Waals surface area contributed by atoms with Crippen LogP contribution in [0.1, 0.15) is 45.5 Å². The summed E-state index contributed by atoms with van der Waals surface area (Å²) in [4.78, 5) is 45.5. The first-order valence-corrected chi connectivity index (χ1v) is 12.6. The lowest BCUT2D eigenvalue weighted by Crippen LogP contribution is -2.62. The molecule has 0 aromatic heterocycles. The lowest BCUT2D eigenvalue weighted by atomic mass is 9.57. The minimum atomic E-state index is -1.39. The van der Waals surface area contributed by atoms with Gasteiger partial charge in [0.15, 0.2) is 5.78 Å². The van der Waals surface area contributed by atoms with Gasteiger partial charge >= 0.3 is 0 Å². The maximum absolute atomic E-state index is 14.5. The number of benzene rings is 3. The molecule has 4 aliphatic heterocycles. The summed E-state index contributed by atoms with van der Waals surface area (Å²) in [5.74, 6) is -1.27. The average molecular weight is 478 g/mol. The molecule has 0 saturated carbocycles. The highest BCUT2D eigenvalue weighted by molar-refractivity contribution is 6.21. The number of hydrogen-bond donors (Lipinski definition) is 2. The maximum atomic E-state index is 14.5. The Morgan fingerprint density at radius 2 is 1.64 bits per heavy atom. The van der Waals surface area contributed by atoms with Gasteiger partial charge in [0, 0.05) is 28.5 Å². The molecule has 4 atom stereocenters. The lowest BCUT2D eigenvalue weighted by Gasteiger charge is -2.43. The van der Waals surface area contributed by atoms with Crippen molar-refractivity contribution >= 4 is 29.0 Å². The monoisotopic (exact) mass is 477 g/mol. The van der Waals surface area contributed by atoms with E-state index in [4.69, 9.17) is 0 Å². The molecule has 7 rings (SSSR count). The molecule has 36 heavy (non-hydrogen) atoms. The van der Waals surface area contributed by atoms with E-state index in [1.54, 1.807) is 0 Å². The third-order valence-corrected chi connectivity index (χ3v) is 8.96. The van der Waals surface area contributed by atoms with Crippen LogP contribution >= 0.6 is 0 Å². The Hall–Kier alpha value is -3.77. The predicted molar refractivity (Wildman–Crippen MR) is 137 cm³/mol. The highest BCUT2D eigenvalue weighted by Crippen LogP contribution is 2.68. The van der Waals surface area contributed by atoms with Gasteiger partial charge in [-0.15, -0.1) is 0 Å². The fourth-order valence-electron chi connectivity index (χ4n) is 7.65. The van der Waals surface area contributed by atoms with Crippen LogP contribution in [-0.2, 0) is 20.5 Å². The second kappa shape index (κ2) is 7.14. The molecular formula is C30H27N3O3. The van der Waals surface area contributed by atoms with E-state index in [1.165, 1.54) is 0 Å². The van der Waals surface area contributed by atoms with Crippen molar-refractivity contribution in [3.8, 4) is 0 Å². The first-order chi connectivity index (χ1) is 17.4. The zero-order chi connectivity index (χ0) is 24.8. The van der Waals surface area contributed by atoms with Crippen LogP contribution in [0.25, 0.3) is 0 Å². The number of para-hydroxylation sites is 2. The van der Waals surface area contributed by atoms with Crippen molar-refractivity contribution in [1.82, 2.24) is 4.90 Å². The highest BCUT2D eigenvalue weighted by Gasteiger charge is 2.81. The Balaban J connectivity index is 1.59. The fourth-order valence-corrected chi connectivity index (χ4v) is 7.65. The van der Waals surface area contributed by atoms with Gasteiger partial charge in [-0.25, -0.2) is 0 Å². The standard InChI is InChI=1S/C30H27N3O3/c1-17-12-14-19(15-13-17)26(34)24-23-11-6-16-33(23)30(21-9-5-7-18(2)25(21)32-28(30)36)29(24)20-8-3-4-10-22(20)31-27(29)35/h3-5,7-10,12-15,23-24H,6,11,16H2,1-2H3,(H,31,35)(H,32,36)/t23-,24+,29-,30-/m1/s1. The van der Waals surface area contributed by atoms with E-state index in [0.29, 0.717) is 17.8 Å². The van der Waals surface area contributed by atoms with Crippen molar-refractivity contribution in [2.45, 2.75) is 43.7 Å². The third kappa shape index (κ3) is 2.29. The number of carbonyl (C=O) groups excluding carboxylic acids is 3. The molecule has 4 heterocycles. The van der Waals surface area contributed by atoms with Crippen molar-refractivity contribution in [2.75, 3.05) is 17.2 Å². The number of anilines is 2. The van der Waals surface area contributed by atoms with Crippen LogP contribution in [0.3, 0.4) is 0 Å². The van der Waals surface area contributed by atoms with E-state index in [2.05, 4.69) is 15.5 Å². The summed E-state index contributed by atoms with van der Waals surface area (Å²) in [5, 5.41) is 6.23. The molecule has 2 amide bonds. The van der Waals surface area contributed by atoms with Crippen LogP contribution in [-0.4, -0.2) is 35.1 Å². The number of aryl methyl sites for hydroxylation is 2. The summed E-state index contributed by atoms with van der Waals surface area (Å²) in [6.07, 6.45) is 1.63. The van der Waals surface area contributed by atoms with E-state index in [1.807, 2.05) is 80.6 Å². The molecule has 4 aliphatic rings. The normalized spacial score (nSPS) is 29.8. The van der Waals surface area contributed by atoms with Gasteiger partial charge in [0.2, 0.25) is 5.91 Å². The molecule has 2 fully saturated rings. The second-order valence-electron chi connectivity index (χ2n) is 10.6. The molecule has 0 bridgehead atoms. The summed E-state index contributed by atoms with van der Waals surface area (Å²) in [5.41, 5.74) is 2.86. The number of carbonyl (C=O) groups is 3. The van der Waals surface area contributed by atoms with Crippen LogP contribution in [0, 0.1) is 19.8 Å². The average Bonchev–Trinajstić information content (AvgIpc) is 3.59. The van der Waals surface area contributed by atoms with Crippen LogP contribution in [0.2, 0.25) is 0 Å². The van der Waals surface area contributed by atoms with Gasteiger partial charge in [-0.1, -0.05) is 66.2 Å². The summed E-state index contributed by atoms with van der Waals surface area (Å²) in [6.45, 7) is 4.61. The SMILES string of the molecule is Cc1ccc(C(=O)[C@@H]2[C@H]3CCCN3[C@]3(C(=O)Nc4c(C)cccc43)[C@@]23C(=O)Nc2ccccc23)cc1. The van der Waals surface area contributed by atoms with E-state index < -0.39 is 16.9 Å². The summed E-state index contributed by atoms with van der Waals surface area (Å²) in [7, 11) is 0. The van der Waals surface area contributed by atoms with Gasteiger partial charge in [0.25, 0.3) is 5.91 Å². The molecule has 3 aromatic rings. The Bertz CT molecular complexity index is 1480. The third-order valence-electron chi connectivity index (χ3n) is 8.96. The van der Waals surface area contributed by atoms with E-state index >= 15 is 0 Å². The van der Waals surface area contributed by atoms with Gasteiger partial charge in [0.05, 0.1) is 5.92 Å². The number of rotatable bonds is 2. The quantitative estimate of drug-likeness (QED) is 0.539. The van der Waals surface area contributed by atoms with E-state index in [-0.39, 0.29) is 23.6 Å². The molecule has 3 aromatic carbocycles. The molecule has 6 nitrogen and oxygen atoms in total. The minimum Gasteiger partial charge on any atom is -0.325 e. The van der Waals surface area contributed by atoms with Crippen LogP contribution in [0.4, 0.5) is 11.4 Å². The highest BCUT2D eigenvalue weighted by atomic mass is 16.2. The lowest BCUT2D eigenvalue weighted by molar-refractivity contribution is -0.137. The Morgan fingerprint density at radius 3 is 2.44 bits per heavy atom. The van der Waals surface area contributed by atoms with Crippen molar-refractivity contribution in [3.63, 3.8) is 0 Å². The van der Waals surface area contributed by atoms with Crippen molar-refractivity contribution in [2.24, 2.45) is 5.92 Å². The van der Waals surface area contributed by atoms with Crippen LogP contribution < -0.4 is 10.6 Å². The van der Waals surface area contributed by atoms with Gasteiger partial charge in [0.1, 0.15) is 11.0 Å². The topological polar surface area (TPSA) is 78.5 Å². The molecule has 2 spiro atoms. The second-order valence-corrected chi connectivity index (χ2v) is 10.6. The summed E-state index contributed by atoms with van der Waals surface area (Å²) in [6, 6.07) is 20.8. The number of amides is 2. The van der Waals surface area contributed by atoms with Gasteiger partial charge in [-0.05, 0) is 50.4 Å². The van der Waals surface area contributed by atoms with E-state index in [9.17, 15) is 14.4 Å². The number of Topliss-reactive ketones (excluding diaryl/α,β-unsaturated/α-hetero) is 1. The van der Waals surface area contributed by atoms with E-state index in [0.717, 1.165) is 40.8 Å². The molecule has 6 heteroatoms. The van der Waals surface area contributed by atoms with Crippen molar-refractivity contribution in [1.29, 1.82) is 0 Å². The number of ketones is 1. The molecule has 2 saturated heterocycles. The van der Waals surface area contributed by atoms with Crippen LogP contribution in [0.15, 0.2) is 66.7 Å². The summed E-state index contributed by atoms with van der Waals surface area (Å²) < 4.78 is 0. The first-order valence-electron chi connectivity index (χ1n) is 12.6. The predicted octanol–water partition coefficient (Wildman–Crippen LogP) is 4.32. The van der Waals surface area contributed by atoms with Crippen LogP contribution in [0.5, 0.6) is 0 Å². The number of nitrogens with one attached hydrogen (secondary N) is 2. The maximum Gasteiger partial charge on any atom is 0.251 e. The van der Waals surface area contributed by atoms with Crippen molar-refractivity contribution < 1.29 is 14.4 Å². The Morgan fingerprint density at radius 1 is 0.889 bits per heavy atom. The smallest absolute Gasteiger partial charge is 0.251 e. The Labute approximate surface area is 209 Å². The van der Waals surface area contributed by atoms with Gasteiger partial charge in [-0.2, -0.15) is 0 Å².